The summed E-state index contributed by atoms with van der Waals surface area (Å²) in [6.07, 6.45) is 0. The molecule has 9 heteroatoms. The molecular formula is C21H17N2O7-. The van der Waals surface area contributed by atoms with Gasteiger partial charge < -0.3 is 29.7 Å². The van der Waals surface area contributed by atoms with Gasteiger partial charge in [0.15, 0.2) is 6.61 Å². The first-order valence-corrected chi connectivity index (χ1v) is 8.92. The molecule has 0 aliphatic carbocycles. The molecule has 0 aliphatic heterocycles. The third kappa shape index (κ3) is 5.44. The van der Waals surface area contributed by atoms with Gasteiger partial charge in [0.1, 0.15) is 11.3 Å². The van der Waals surface area contributed by atoms with Crippen LogP contribution in [-0.2, 0) is 14.4 Å². The number of hydrogen-bond donors (Lipinski definition) is 2. The molecule has 0 radical (unpaired) electrons. The average Bonchev–Trinajstić information content (AvgIpc) is 2.74. The van der Waals surface area contributed by atoms with Crippen LogP contribution in [0.4, 0.5) is 0 Å². The zero-order valence-corrected chi connectivity index (χ0v) is 15.7. The number of benzene rings is 2. The van der Waals surface area contributed by atoms with Crippen molar-refractivity contribution in [3.8, 4) is 16.9 Å². The number of nitrogens with one attached hydrogen (secondary N) is 2. The molecule has 1 aromatic heterocycles. The van der Waals surface area contributed by atoms with Gasteiger partial charge in [0.05, 0.1) is 19.1 Å². The van der Waals surface area contributed by atoms with Crippen LogP contribution in [0.15, 0.2) is 63.8 Å². The van der Waals surface area contributed by atoms with Gasteiger partial charge in [0, 0.05) is 17.5 Å². The van der Waals surface area contributed by atoms with E-state index in [1.807, 2.05) is 30.3 Å². The van der Waals surface area contributed by atoms with Crippen molar-refractivity contribution in [2.45, 2.75) is 0 Å². The number of rotatable bonds is 8. The summed E-state index contributed by atoms with van der Waals surface area (Å²) in [5.74, 6) is -2.39. The minimum atomic E-state index is -1.43. The second kappa shape index (κ2) is 9.37. The molecule has 0 bridgehead atoms. The van der Waals surface area contributed by atoms with E-state index in [9.17, 15) is 24.3 Å². The highest BCUT2D eigenvalue weighted by atomic mass is 16.5. The van der Waals surface area contributed by atoms with E-state index >= 15 is 0 Å². The van der Waals surface area contributed by atoms with Crippen LogP contribution in [0.1, 0.15) is 0 Å². The van der Waals surface area contributed by atoms with Crippen LogP contribution in [0.5, 0.6) is 5.75 Å². The molecule has 0 atom stereocenters. The first-order valence-electron chi connectivity index (χ1n) is 8.92. The van der Waals surface area contributed by atoms with Crippen molar-refractivity contribution in [3.63, 3.8) is 0 Å². The Bertz CT molecular complexity index is 1140. The number of aliphatic carboxylic acids is 1. The number of carbonyl (C=O) groups is 3. The molecule has 3 aromatic rings. The Morgan fingerprint density at radius 1 is 0.933 bits per heavy atom. The van der Waals surface area contributed by atoms with Crippen LogP contribution in [-0.4, -0.2) is 37.5 Å². The van der Waals surface area contributed by atoms with E-state index in [-0.39, 0.29) is 6.61 Å². The first kappa shape index (κ1) is 20.6. The Labute approximate surface area is 170 Å². The number of amides is 2. The fraction of sp³-hybridized carbons (Fsp3) is 0.143. The molecule has 154 valence electrons. The normalized spacial score (nSPS) is 10.4. The van der Waals surface area contributed by atoms with Crippen molar-refractivity contribution in [2.24, 2.45) is 0 Å². The number of carboxylic acids is 1. The highest BCUT2D eigenvalue weighted by Gasteiger charge is 2.10. The third-order valence-corrected chi connectivity index (χ3v) is 4.05. The standard InChI is InChI=1S/C21H18N2O7/c24-18(23-11-20(26)27)10-22-19(25)12-29-14-6-7-15-16(13-4-2-1-3-5-13)9-21(28)30-17(15)8-14/h1-9H,10-12H2,(H,22,25)(H,23,24)(H,26,27)/p-1. The predicted octanol–water partition coefficient (Wildman–Crippen LogP) is -0.179. The van der Waals surface area contributed by atoms with Crippen molar-refractivity contribution in [2.75, 3.05) is 19.7 Å². The van der Waals surface area contributed by atoms with Gasteiger partial charge in [-0.25, -0.2) is 4.79 Å². The second-order valence-electron chi connectivity index (χ2n) is 6.22. The summed E-state index contributed by atoms with van der Waals surface area (Å²) in [5.41, 5.74) is 1.37. The van der Waals surface area contributed by atoms with Crippen molar-refractivity contribution < 1.29 is 28.6 Å². The van der Waals surface area contributed by atoms with E-state index in [1.54, 1.807) is 12.1 Å². The molecule has 2 amide bonds. The molecule has 1 heterocycles. The summed E-state index contributed by atoms with van der Waals surface area (Å²) in [7, 11) is 0. The molecule has 2 N–H and O–H groups in total. The molecular weight excluding hydrogens is 392 g/mol. The Hall–Kier alpha value is -4.14. The lowest BCUT2D eigenvalue weighted by Gasteiger charge is -2.10. The Balaban J connectivity index is 1.65. The topological polar surface area (TPSA) is 138 Å². The van der Waals surface area contributed by atoms with E-state index in [4.69, 9.17) is 9.15 Å². The molecule has 0 saturated heterocycles. The van der Waals surface area contributed by atoms with Gasteiger partial charge in [-0.1, -0.05) is 30.3 Å². The van der Waals surface area contributed by atoms with Crippen molar-refractivity contribution in [1.29, 1.82) is 0 Å². The number of carbonyl (C=O) groups excluding carboxylic acids is 3. The van der Waals surface area contributed by atoms with Gasteiger partial charge in [-0.05, 0) is 23.3 Å². The van der Waals surface area contributed by atoms with Crippen LogP contribution in [0.2, 0.25) is 0 Å². The fourth-order valence-electron chi connectivity index (χ4n) is 2.70. The molecule has 0 fully saturated rings. The molecule has 9 nitrogen and oxygen atoms in total. The van der Waals surface area contributed by atoms with Crippen LogP contribution >= 0.6 is 0 Å². The lowest BCUT2D eigenvalue weighted by molar-refractivity contribution is -0.304. The van der Waals surface area contributed by atoms with E-state index in [0.717, 1.165) is 5.56 Å². The van der Waals surface area contributed by atoms with Crippen molar-refractivity contribution in [3.05, 3.63) is 65.0 Å². The summed E-state index contributed by atoms with van der Waals surface area (Å²) >= 11 is 0. The van der Waals surface area contributed by atoms with E-state index in [1.165, 1.54) is 12.1 Å². The molecule has 2 aromatic carbocycles. The average molecular weight is 409 g/mol. The van der Waals surface area contributed by atoms with Crippen LogP contribution < -0.4 is 26.1 Å². The van der Waals surface area contributed by atoms with Gasteiger partial charge in [0.2, 0.25) is 5.91 Å². The second-order valence-corrected chi connectivity index (χ2v) is 6.22. The minimum Gasteiger partial charge on any atom is -0.548 e. The van der Waals surface area contributed by atoms with Crippen LogP contribution in [0.25, 0.3) is 22.1 Å². The summed E-state index contributed by atoms with van der Waals surface area (Å²) < 4.78 is 10.6. The fourth-order valence-corrected chi connectivity index (χ4v) is 2.70. The first-order chi connectivity index (χ1) is 14.4. The Morgan fingerprint density at radius 3 is 2.40 bits per heavy atom. The van der Waals surface area contributed by atoms with E-state index in [0.29, 0.717) is 22.3 Å². The maximum Gasteiger partial charge on any atom is 0.336 e. The molecule has 0 aliphatic rings. The summed E-state index contributed by atoms with van der Waals surface area (Å²) in [4.78, 5) is 45.4. The minimum absolute atomic E-state index is 0.299. The van der Waals surface area contributed by atoms with Crippen LogP contribution in [0, 0.1) is 0 Å². The lowest BCUT2D eigenvalue weighted by Crippen LogP contribution is -2.43. The van der Waals surface area contributed by atoms with E-state index < -0.39 is 36.5 Å². The Morgan fingerprint density at radius 2 is 1.67 bits per heavy atom. The number of hydrogen-bond acceptors (Lipinski definition) is 7. The molecule has 0 spiro atoms. The quantitative estimate of drug-likeness (QED) is 0.492. The highest BCUT2D eigenvalue weighted by molar-refractivity contribution is 5.93. The number of ether oxygens (including phenoxy) is 1. The van der Waals surface area contributed by atoms with Gasteiger partial charge in [-0.2, -0.15) is 0 Å². The monoisotopic (exact) mass is 409 g/mol. The lowest BCUT2D eigenvalue weighted by atomic mass is 10.0. The van der Waals surface area contributed by atoms with Crippen LogP contribution in [0.3, 0.4) is 0 Å². The van der Waals surface area contributed by atoms with Gasteiger partial charge in [0.25, 0.3) is 5.91 Å². The maximum atomic E-state index is 11.9. The molecule has 30 heavy (non-hydrogen) atoms. The SMILES string of the molecule is O=C([O-])CNC(=O)CNC(=O)COc1ccc2c(-c3ccccc3)cc(=O)oc2c1. The van der Waals surface area contributed by atoms with Gasteiger partial charge in [-0.15, -0.1) is 0 Å². The Kier molecular flexibility index (Phi) is 6.43. The third-order valence-electron chi connectivity index (χ3n) is 4.05. The van der Waals surface area contributed by atoms with Gasteiger partial charge in [-0.3, -0.25) is 9.59 Å². The van der Waals surface area contributed by atoms with E-state index in [2.05, 4.69) is 10.6 Å². The maximum absolute atomic E-state index is 11.9. The smallest absolute Gasteiger partial charge is 0.336 e. The largest absolute Gasteiger partial charge is 0.548 e. The predicted molar refractivity (Wildman–Crippen MR) is 104 cm³/mol. The molecule has 0 unspecified atom stereocenters. The number of carboxylic acid groups (broad SMARTS) is 1. The summed E-state index contributed by atoms with van der Waals surface area (Å²) in [6, 6.07) is 15.6. The highest BCUT2D eigenvalue weighted by Crippen LogP contribution is 2.29. The zero-order chi connectivity index (χ0) is 21.5. The number of fused-ring (bicyclic) bond motifs is 1. The summed E-state index contributed by atoms with van der Waals surface area (Å²) in [6.45, 7) is -1.43. The zero-order valence-electron chi connectivity index (χ0n) is 15.7. The molecule has 0 saturated carbocycles. The van der Waals surface area contributed by atoms with Crippen molar-refractivity contribution in [1.82, 2.24) is 10.6 Å². The van der Waals surface area contributed by atoms with Gasteiger partial charge >= 0.3 is 5.63 Å². The summed E-state index contributed by atoms with van der Waals surface area (Å²) in [5, 5.41) is 15.3. The van der Waals surface area contributed by atoms with Crippen molar-refractivity contribution >= 4 is 28.8 Å². The molecule has 3 rings (SSSR count).